The molecule has 0 fully saturated rings. The number of halogens is 1. The van der Waals surface area contributed by atoms with Gasteiger partial charge in [0.25, 0.3) is 5.91 Å². The predicted molar refractivity (Wildman–Crippen MR) is 70.5 cm³/mol. The van der Waals surface area contributed by atoms with Crippen LogP contribution >= 0.6 is 11.6 Å². The van der Waals surface area contributed by atoms with E-state index >= 15 is 0 Å². The van der Waals surface area contributed by atoms with Crippen molar-refractivity contribution in [1.82, 2.24) is 10.3 Å². The van der Waals surface area contributed by atoms with E-state index < -0.39 is 0 Å². The number of ether oxygens (including phenoxy) is 1. The average molecular weight is 273 g/mol. The molecule has 1 rings (SSSR count). The Morgan fingerprint density at radius 3 is 2.94 bits per heavy atom. The van der Waals surface area contributed by atoms with Crippen LogP contribution in [0, 0.1) is 0 Å². The van der Waals surface area contributed by atoms with Gasteiger partial charge in [-0.25, -0.2) is 10.8 Å². The number of hydrogen-bond acceptors (Lipinski definition) is 5. The minimum absolute atomic E-state index is 0.201. The predicted octanol–water partition coefficient (Wildman–Crippen LogP) is 1.18. The van der Waals surface area contributed by atoms with Crippen molar-refractivity contribution < 1.29 is 9.53 Å². The van der Waals surface area contributed by atoms with Crippen LogP contribution in [-0.2, 0) is 4.74 Å². The highest BCUT2D eigenvalue weighted by Gasteiger charge is 2.08. The molecule has 18 heavy (non-hydrogen) atoms. The van der Waals surface area contributed by atoms with E-state index in [1.807, 2.05) is 0 Å². The van der Waals surface area contributed by atoms with Crippen LogP contribution in [0.2, 0.25) is 5.15 Å². The van der Waals surface area contributed by atoms with E-state index in [1.165, 1.54) is 12.1 Å². The summed E-state index contributed by atoms with van der Waals surface area (Å²) in [6, 6.07) is 3.03. The number of rotatable bonds is 7. The second-order valence-electron chi connectivity index (χ2n) is 3.66. The van der Waals surface area contributed by atoms with E-state index in [9.17, 15) is 4.79 Å². The number of amides is 1. The number of pyridine rings is 1. The molecule has 0 radical (unpaired) electrons. The van der Waals surface area contributed by atoms with Gasteiger partial charge in [0.2, 0.25) is 0 Å². The number of aromatic nitrogens is 1. The van der Waals surface area contributed by atoms with E-state index in [-0.39, 0.29) is 11.1 Å². The quantitative estimate of drug-likeness (QED) is 0.300. The first-order valence-corrected chi connectivity index (χ1v) is 5.96. The zero-order valence-corrected chi connectivity index (χ0v) is 11.0. The minimum atomic E-state index is -0.201. The molecule has 0 aliphatic carbocycles. The normalized spacial score (nSPS) is 10.2. The van der Waals surface area contributed by atoms with Crippen LogP contribution in [0.1, 0.15) is 23.2 Å². The Balaban J connectivity index is 2.48. The molecule has 0 aliphatic rings. The van der Waals surface area contributed by atoms with Crippen molar-refractivity contribution in [2.45, 2.75) is 12.8 Å². The maximum Gasteiger partial charge on any atom is 0.251 e. The Bertz CT molecular complexity index is 401. The largest absolute Gasteiger partial charge is 0.385 e. The molecule has 0 spiro atoms. The Hall–Kier alpha value is -1.37. The number of carbonyl (C=O) groups excluding carboxylic acids is 1. The molecule has 0 saturated heterocycles. The van der Waals surface area contributed by atoms with Crippen LogP contribution in [0.25, 0.3) is 0 Å². The number of nitrogens with two attached hydrogens (primary N) is 1. The zero-order valence-electron chi connectivity index (χ0n) is 10.2. The number of anilines is 1. The second-order valence-corrected chi connectivity index (χ2v) is 4.05. The number of hydrogen-bond donors (Lipinski definition) is 3. The number of carbonyl (C=O) groups is 1. The number of unbranched alkanes of at least 4 members (excludes halogenated alkanes) is 1. The molecule has 0 unspecified atom stereocenters. The summed E-state index contributed by atoms with van der Waals surface area (Å²) >= 11 is 5.77. The van der Waals surface area contributed by atoms with Crippen molar-refractivity contribution in [3.8, 4) is 0 Å². The molecule has 0 atom stereocenters. The van der Waals surface area contributed by atoms with Crippen molar-refractivity contribution in [3.63, 3.8) is 0 Å². The SMILES string of the molecule is COCCCCNC(=O)c1cc(Cl)nc(NN)c1. The van der Waals surface area contributed by atoms with Gasteiger partial charge in [-0.2, -0.15) is 0 Å². The smallest absolute Gasteiger partial charge is 0.251 e. The van der Waals surface area contributed by atoms with Crippen LogP contribution < -0.4 is 16.6 Å². The van der Waals surface area contributed by atoms with Crippen LogP contribution in [0.5, 0.6) is 0 Å². The number of nitrogen functional groups attached to an aromatic ring is 1. The van der Waals surface area contributed by atoms with Gasteiger partial charge in [-0.15, -0.1) is 0 Å². The third kappa shape index (κ3) is 4.87. The molecular weight excluding hydrogens is 256 g/mol. The summed E-state index contributed by atoms with van der Waals surface area (Å²) in [6.45, 7) is 1.28. The number of nitrogens with one attached hydrogen (secondary N) is 2. The van der Waals surface area contributed by atoms with Crippen molar-refractivity contribution in [2.75, 3.05) is 25.7 Å². The van der Waals surface area contributed by atoms with Gasteiger partial charge in [0, 0.05) is 25.8 Å². The Labute approximate surface area is 111 Å². The topological polar surface area (TPSA) is 89.3 Å². The maximum atomic E-state index is 11.8. The van der Waals surface area contributed by atoms with Gasteiger partial charge in [-0.1, -0.05) is 11.6 Å². The molecule has 0 aliphatic heterocycles. The summed E-state index contributed by atoms with van der Waals surface area (Å²) < 4.78 is 4.92. The fourth-order valence-electron chi connectivity index (χ4n) is 1.38. The molecule has 1 aromatic rings. The van der Waals surface area contributed by atoms with E-state index in [4.69, 9.17) is 22.2 Å². The third-order valence-electron chi connectivity index (χ3n) is 2.26. The molecule has 1 amide bonds. The summed E-state index contributed by atoms with van der Waals surface area (Å²) in [5.41, 5.74) is 2.78. The first-order chi connectivity index (χ1) is 8.67. The Morgan fingerprint density at radius 2 is 2.28 bits per heavy atom. The van der Waals surface area contributed by atoms with E-state index in [2.05, 4.69) is 15.7 Å². The molecule has 4 N–H and O–H groups in total. The third-order valence-corrected chi connectivity index (χ3v) is 2.46. The fourth-order valence-corrected chi connectivity index (χ4v) is 1.59. The van der Waals surface area contributed by atoms with Crippen LogP contribution in [0.15, 0.2) is 12.1 Å². The van der Waals surface area contributed by atoms with E-state index in [0.717, 1.165) is 12.8 Å². The molecule has 0 saturated carbocycles. The molecule has 1 aromatic heterocycles. The van der Waals surface area contributed by atoms with Gasteiger partial charge >= 0.3 is 0 Å². The highest BCUT2D eigenvalue weighted by atomic mass is 35.5. The monoisotopic (exact) mass is 272 g/mol. The van der Waals surface area contributed by atoms with Crippen molar-refractivity contribution in [2.24, 2.45) is 5.84 Å². The summed E-state index contributed by atoms with van der Waals surface area (Å²) in [4.78, 5) is 15.7. The lowest BCUT2D eigenvalue weighted by Crippen LogP contribution is -2.25. The van der Waals surface area contributed by atoms with Gasteiger partial charge < -0.3 is 15.5 Å². The molecule has 6 nitrogen and oxygen atoms in total. The summed E-state index contributed by atoms with van der Waals surface area (Å²) in [6.07, 6.45) is 1.77. The molecule has 0 bridgehead atoms. The van der Waals surface area contributed by atoms with Gasteiger partial charge in [-0.05, 0) is 25.0 Å². The summed E-state index contributed by atoms with van der Waals surface area (Å²) in [5.74, 6) is 5.38. The van der Waals surface area contributed by atoms with E-state index in [1.54, 1.807) is 7.11 Å². The van der Waals surface area contributed by atoms with Crippen LogP contribution in [0.4, 0.5) is 5.82 Å². The van der Waals surface area contributed by atoms with Gasteiger partial charge in [0.15, 0.2) is 0 Å². The highest BCUT2D eigenvalue weighted by molar-refractivity contribution is 6.29. The van der Waals surface area contributed by atoms with Crippen LogP contribution in [0.3, 0.4) is 0 Å². The lowest BCUT2D eigenvalue weighted by atomic mass is 10.2. The molecule has 0 aromatic carbocycles. The summed E-state index contributed by atoms with van der Waals surface area (Å²) in [7, 11) is 1.65. The first-order valence-electron chi connectivity index (χ1n) is 5.58. The lowest BCUT2D eigenvalue weighted by molar-refractivity contribution is 0.0951. The van der Waals surface area contributed by atoms with Crippen molar-refractivity contribution >= 4 is 23.3 Å². The standard InChI is InChI=1S/C11H17ClN4O2/c1-18-5-3-2-4-14-11(17)8-6-9(12)15-10(7-8)16-13/h6-7H,2-5,13H2,1H3,(H,14,17)(H,15,16). The molecular formula is C11H17ClN4O2. The van der Waals surface area contributed by atoms with Crippen molar-refractivity contribution in [1.29, 1.82) is 0 Å². The molecule has 1 heterocycles. The maximum absolute atomic E-state index is 11.8. The second kappa shape index (κ2) is 7.86. The van der Waals surface area contributed by atoms with Gasteiger partial charge in [-0.3, -0.25) is 4.79 Å². The lowest BCUT2D eigenvalue weighted by Gasteiger charge is -2.07. The average Bonchev–Trinajstić information content (AvgIpc) is 2.37. The Kier molecular flexibility index (Phi) is 6.42. The highest BCUT2D eigenvalue weighted by Crippen LogP contribution is 2.13. The van der Waals surface area contributed by atoms with Crippen molar-refractivity contribution in [3.05, 3.63) is 22.8 Å². The van der Waals surface area contributed by atoms with Crippen LogP contribution in [-0.4, -0.2) is 31.2 Å². The molecule has 7 heteroatoms. The number of methoxy groups -OCH3 is 1. The zero-order chi connectivity index (χ0) is 13.4. The first kappa shape index (κ1) is 14.7. The number of hydrazine groups is 1. The summed E-state index contributed by atoms with van der Waals surface area (Å²) in [5, 5.41) is 3.00. The molecule has 100 valence electrons. The van der Waals surface area contributed by atoms with Gasteiger partial charge in [0.05, 0.1) is 0 Å². The Morgan fingerprint density at radius 1 is 1.50 bits per heavy atom. The van der Waals surface area contributed by atoms with E-state index in [0.29, 0.717) is 24.5 Å². The number of nitrogens with zero attached hydrogens (tertiary/aromatic N) is 1. The fraction of sp³-hybridized carbons (Fsp3) is 0.455. The minimum Gasteiger partial charge on any atom is -0.385 e. The van der Waals surface area contributed by atoms with Gasteiger partial charge in [0.1, 0.15) is 11.0 Å².